The Morgan fingerprint density at radius 2 is 1.83 bits per heavy atom. The van der Waals surface area contributed by atoms with Gasteiger partial charge in [0.25, 0.3) is 5.91 Å². The highest BCUT2D eigenvalue weighted by Crippen LogP contribution is 2.31. The van der Waals surface area contributed by atoms with Gasteiger partial charge in [0.05, 0.1) is 31.0 Å². The number of thiazole rings is 1. The number of carbonyl (C=O) groups is 1. The van der Waals surface area contributed by atoms with Crippen molar-refractivity contribution in [2.24, 2.45) is 0 Å². The molecule has 152 valence electrons. The lowest BCUT2D eigenvalue weighted by Gasteiger charge is -2.20. The maximum Gasteiger partial charge on any atom is 0.320 e. The summed E-state index contributed by atoms with van der Waals surface area (Å²) in [6, 6.07) is 15.3. The second-order valence-corrected chi connectivity index (χ2v) is 7.28. The van der Waals surface area contributed by atoms with E-state index in [1.807, 2.05) is 30.3 Å². The van der Waals surface area contributed by atoms with Crippen LogP contribution in [0.5, 0.6) is 11.9 Å². The maximum atomic E-state index is 13.6. The number of anilines is 1. The van der Waals surface area contributed by atoms with Gasteiger partial charge in [-0.2, -0.15) is 9.97 Å². The average Bonchev–Trinajstić information content (AvgIpc) is 3.20. The van der Waals surface area contributed by atoms with Crippen LogP contribution in [-0.2, 0) is 6.54 Å². The topological polar surface area (TPSA) is 77.4 Å². The molecule has 0 saturated heterocycles. The molecule has 9 heteroatoms. The van der Waals surface area contributed by atoms with Gasteiger partial charge in [-0.05, 0) is 23.8 Å². The summed E-state index contributed by atoms with van der Waals surface area (Å²) in [7, 11) is 2.85. The third-order valence-corrected chi connectivity index (χ3v) is 5.33. The molecule has 30 heavy (non-hydrogen) atoms. The molecule has 4 rings (SSSR count). The van der Waals surface area contributed by atoms with E-state index in [2.05, 4.69) is 15.0 Å². The molecule has 1 amide bonds. The molecule has 2 aromatic heterocycles. The number of fused-ring (bicyclic) bond motifs is 1. The molecule has 0 bridgehead atoms. The molecule has 0 aliphatic carbocycles. The Kier molecular flexibility index (Phi) is 5.53. The number of halogens is 1. The van der Waals surface area contributed by atoms with Gasteiger partial charge in [-0.15, -0.1) is 0 Å². The Labute approximate surface area is 175 Å². The van der Waals surface area contributed by atoms with Gasteiger partial charge in [0.1, 0.15) is 11.5 Å². The third-order valence-electron chi connectivity index (χ3n) is 4.29. The van der Waals surface area contributed by atoms with Gasteiger partial charge in [-0.1, -0.05) is 41.7 Å². The second kappa shape index (κ2) is 8.42. The molecule has 0 atom stereocenters. The highest BCUT2D eigenvalue weighted by Gasteiger charge is 2.24. The van der Waals surface area contributed by atoms with Crippen LogP contribution in [0.4, 0.5) is 9.52 Å². The fourth-order valence-electron chi connectivity index (χ4n) is 2.84. The zero-order chi connectivity index (χ0) is 21.1. The molecule has 2 aromatic carbocycles. The molecule has 0 aliphatic rings. The van der Waals surface area contributed by atoms with Crippen LogP contribution in [0.2, 0.25) is 0 Å². The second-order valence-electron chi connectivity index (χ2n) is 6.27. The van der Waals surface area contributed by atoms with Crippen molar-refractivity contribution in [3.63, 3.8) is 0 Å². The Morgan fingerprint density at radius 1 is 1.03 bits per heavy atom. The number of carbonyl (C=O) groups excluding carboxylic acids is 1. The fourth-order valence-corrected chi connectivity index (χ4v) is 3.83. The van der Waals surface area contributed by atoms with Crippen molar-refractivity contribution < 1.29 is 18.7 Å². The first-order chi connectivity index (χ1) is 14.6. The monoisotopic (exact) mass is 424 g/mol. The Balaban J connectivity index is 1.79. The van der Waals surface area contributed by atoms with Crippen LogP contribution in [0.25, 0.3) is 10.2 Å². The Morgan fingerprint density at radius 3 is 2.57 bits per heavy atom. The number of rotatable bonds is 6. The minimum Gasteiger partial charge on any atom is -0.481 e. The Bertz CT molecular complexity index is 1180. The lowest BCUT2D eigenvalue weighted by atomic mass is 10.2. The van der Waals surface area contributed by atoms with E-state index in [9.17, 15) is 9.18 Å². The van der Waals surface area contributed by atoms with Crippen molar-refractivity contribution in [1.82, 2.24) is 15.0 Å². The van der Waals surface area contributed by atoms with Crippen LogP contribution < -0.4 is 14.4 Å². The van der Waals surface area contributed by atoms with Crippen LogP contribution in [-0.4, -0.2) is 35.1 Å². The van der Waals surface area contributed by atoms with Crippen LogP contribution in [0.3, 0.4) is 0 Å². The van der Waals surface area contributed by atoms with Crippen molar-refractivity contribution in [2.45, 2.75) is 6.54 Å². The molecular weight excluding hydrogens is 407 g/mol. The molecule has 0 saturated carbocycles. The van der Waals surface area contributed by atoms with Gasteiger partial charge < -0.3 is 9.47 Å². The molecular formula is C21H17FN4O3S. The lowest BCUT2D eigenvalue weighted by molar-refractivity contribution is 0.0978. The lowest BCUT2D eigenvalue weighted by Crippen LogP contribution is -2.31. The minimum atomic E-state index is -0.405. The number of benzene rings is 2. The van der Waals surface area contributed by atoms with E-state index >= 15 is 0 Å². The van der Waals surface area contributed by atoms with Crippen molar-refractivity contribution in [1.29, 1.82) is 0 Å². The van der Waals surface area contributed by atoms with Gasteiger partial charge >= 0.3 is 6.01 Å². The number of hydrogen-bond acceptors (Lipinski definition) is 7. The first kappa shape index (κ1) is 19.7. The van der Waals surface area contributed by atoms with E-state index in [4.69, 9.17) is 9.47 Å². The van der Waals surface area contributed by atoms with Gasteiger partial charge in [0.2, 0.25) is 5.88 Å². The first-order valence-corrected chi connectivity index (χ1v) is 9.78. The number of methoxy groups -OCH3 is 2. The summed E-state index contributed by atoms with van der Waals surface area (Å²) in [6.07, 6.45) is 0. The quantitative estimate of drug-likeness (QED) is 0.464. The molecule has 0 N–H and O–H groups in total. The zero-order valence-electron chi connectivity index (χ0n) is 16.2. The average molecular weight is 424 g/mol. The van der Waals surface area contributed by atoms with Crippen molar-refractivity contribution >= 4 is 32.6 Å². The number of aromatic nitrogens is 3. The zero-order valence-corrected chi connectivity index (χ0v) is 17.0. The van der Waals surface area contributed by atoms with E-state index in [0.717, 1.165) is 5.56 Å². The first-order valence-electron chi connectivity index (χ1n) is 8.96. The summed E-state index contributed by atoms with van der Waals surface area (Å²) in [4.78, 5) is 27.7. The number of hydrogen-bond donors (Lipinski definition) is 0. The van der Waals surface area contributed by atoms with E-state index in [1.165, 1.54) is 48.7 Å². The molecule has 0 spiro atoms. The van der Waals surface area contributed by atoms with Crippen molar-refractivity contribution in [3.8, 4) is 11.9 Å². The predicted molar refractivity (Wildman–Crippen MR) is 112 cm³/mol. The van der Waals surface area contributed by atoms with Gasteiger partial charge in [-0.3, -0.25) is 9.69 Å². The summed E-state index contributed by atoms with van der Waals surface area (Å²) < 4.78 is 24.5. The van der Waals surface area contributed by atoms with Crippen LogP contribution in [0.1, 0.15) is 16.1 Å². The van der Waals surface area contributed by atoms with E-state index in [0.29, 0.717) is 15.3 Å². The predicted octanol–water partition coefficient (Wildman–Crippen LogP) is 4.09. The number of amides is 1. The third kappa shape index (κ3) is 4.06. The minimum absolute atomic E-state index is 0.0173. The molecule has 4 aromatic rings. The van der Waals surface area contributed by atoms with Crippen LogP contribution in [0.15, 0.2) is 54.6 Å². The summed E-state index contributed by atoms with van der Waals surface area (Å²) in [5.74, 6) is -0.558. The van der Waals surface area contributed by atoms with E-state index in [-0.39, 0.29) is 29.9 Å². The molecule has 0 radical (unpaired) electrons. The Hall–Kier alpha value is -3.59. The van der Waals surface area contributed by atoms with Gasteiger partial charge in [-0.25, -0.2) is 9.37 Å². The molecule has 0 fully saturated rings. The fraction of sp³-hybridized carbons (Fsp3) is 0.143. The SMILES string of the molecule is COc1cc(C(=O)N(Cc2ccccc2)c2nc3ccc(F)cc3s2)nc(OC)n1. The van der Waals surface area contributed by atoms with Crippen LogP contribution >= 0.6 is 11.3 Å². The largest absolute Gasteiger partial charge is 0.481 e. The molecule has 2 heterocycles. The van der Waals surface area contributed by atoms with Gasteiger partial charge in [0, 0.05) is 6.07 Å². The van der Waals surface area contributed by atoms with E-state index in [1.54, 1.807) is 6.07 Å². The summed E-state index contributed by atoms with van der Waals surface area (Å²) in [5.41, 5.74) is 1.62. The summed E-state index contributed by atoms with van der Waals surface area (Å²) in [5, 5.41) is 0.431. The standard InChI is InChI=1S/C21H17FN4O3S/c1-28-18-11-16(23-20(25-18)29-2)19(27)26(12-13-6-4-3-5-7-13)21-24-15-9-8-14(22)10-17(15)30-21/h3-11H,12H2,1-2H3. The smallest absolute Gasteiger partial charge is 0.320 e. The highest BCUT2D eigenvalue weighted by atomic mass is 32.1. The summed E-state index contributed by atoms with van der Waals surface area (Å²) in [6.45, 7) is 0.261. The molecule has 0 unspecified atom stereocenters. The van der Waals surface area contributed by atoms with Gasteiger partial charge in [0.15, 0.2) is 5.13 Å². The van der Waals surface area contributed by atoms with Crippen molar-refractivity contribution in [2.75, 3.05) is 19.1 Å². The van der Waals surface area contributed by atoms with Crippen molar-refractivity contribution in [3.05, 3.63) is 71.7 Å². The molecule has 0 aliphatic heterocycles. The maximum absolute atomic E-state index is 13.6. The summed E-state index contributed by atoms with van der Waals surface area (Å²) >= 11 is 1.23. The number of ether oxygens (including phenoxy) is 2. The number of nitrogens with zero attached hydrogens (tertiary/aromatic N) is 4. The van der Waals surface area contributed by atoms with Crippen LogP contribution in [0, 0.1) is 5.82 Å². The van der Waals surface area contributed by atoms with E-state index < -0.39 is 5.91 Å². The highest BCUT2D eigenvalue weighted by molar-refractivity contribution is 7.22. The molecule has 7 nitrogen and oxygen atoms in total. The normalized spacial score (nSPS) is 10.8.